The molecule has 0 aliphatic carbocycles. The van der Waals surface area contributed by atoms with Gasteiger partial charge in [-0.05, 0) is 41.5 Å². The minimum atomic E-state index is 0.128. The molecule has 3 aromatic rings. The third kappa shape index (κ3) is 4.11. The van der Waals surface area contributed by atoms with Crippen LogP contribution in [-0.2, 0) is 4.79 Å². The summed E-state index contributed by atoms with van der Waals surface area (Å²) in [5.74, 6) is 0.591. The zero-order valence-electron chi connectivity index (χ0n) is 13.0. The van der Waals surface area contributed by atoms with E-state index in [0.29, 0.717) is 5.75 Å². The van der Waals surface area contributed by atoms with Gasteiger partial charge < -0.3 is 0 Å². The number of fused-ring (bicyclic) bond motifs is 1. The minimum absolute atomic E-state index is 0.128. The number of carbonyl (C=O) groups is 1. The summed E-state index contributed by atoms with van der Waals surface area (Å²) in [6.45, 7) is 2.06. The van der Waals surface area contributed by atoms with Crippen LogP contribution in [0.4, 0.5) is 0 Å². The van der Waals surface area contributed by atoms with Gasteiger partial charge in [0.05, 0.1) is 5.75 Å². The first kappa shape index (κ1) is 15.6. The van der Waals surface area contributed by atoms with Gasteiger partial charge in [0.2, 0.25) is 0 Å². The normalized spacial score (nSPS) is 11.2. The minimum Gasteiger partial charge on any atom is -0.294 e. The van der Waals surface area contributed by atoms with Gasteiger partial charge >= 0.3 is 0 Å². The van der Waals surface area contributed by atoms with Crippen molar-refractivity contribution in [3.05, 3.63) is 83.9 Å². The van der Waals surface area contributed by atoms with E-state index < -0.39 is 0 Å². The second kappa shape index (κ2) is 7.30. The van der Waals surface area contributed by atoms with E-state index >= 15 is 0 Å². The van der Waals surface area contributed by atoms with Crippen LogP contribution in [0.5, 0.6) is 0 Å². The molecule has 0 amide bonds. The van der Waals surface area contributed by atoms with Crippen LogP contribution in [0.2, 0.25) is 0 Å². The summed E-state index contributed by atoms with van der Waals surface area (Å²) < 4.78 is 0. The van der Waals surface area contributed by atoms with E-state index in [4.69, 9.17) is 0 Å². The van der Waals surface area contributed by atoms with Gasteiger partial charge in [-0.25, -0.2) is 0 Å². The predicted octanol–water partition coefficient (Wildman–Crippen LogP) is 5.52. The van der Waals surface area contributed by atoms with Crippen molar-refractivity contribution < 1.29 is 4.79 Å². The standard InChI is InChI=1S/C21H18OS/c1-16-9-13-20(14-10-16)23-15-19(22)12-11-18-7-4-6-17-5-2-3-8-21(17)18/h2-14H,15H2,1H3/b12-11+. The van der Waals surface area contributed by atoms with Gasteiger partial charge in [-0.15, -0.1) is 11.8 Å². The lowest BCUT2D eigenvalue weighted by Gasteiger charge is -2.02. The molecule has 0 spiro atoms. The van der Waals surface area contributed by atoms with Gasteiger partial charge in [0.25, 0.3) is 0 Å². The van der Waals surface area contributed by atoms with Crippen molar-refractivity contribution in [1.29, 1.82) is 0 Å². The quantitative estimate of drug-likeness (QED) is 0.455. The van der Waals surface area contributed by atoms with Crippen molar-refractivity contribution in [3.8, 4) is 0 Å². The number of ketones is 1. The zero-order chi connectivity index (χ0) is 16.1. The van der Waals surface area contributed by atoms with Gasteiger partial charge in [0, 0.05) is 4.90 Å². The van der Waals surface area contributed by atoms with E-state index in [0.717, 1.165) is 10.5 Å². The molecule has 0 unspecified atom stereocenters. The Balaban J connectivity index is 1.67. The monoisotopic (exact) mass is 318 g/mol. The van der Waals surface area contributed by atoms with Crippen LogP contribution in [0.1, 0.15) is 11.1 Å². The van der Waals surface area contributed by atoms with E-state index in [-0.39, 0.29) is 5.78 Å². The van der Waals surface area contributed by atoms with Gasteiger partial charge in [-0.2, -0.15) is 0 Å². The van der Waals surface area contributed by atoms with Gasteiger partial charge in [0.1, 0.15) is 0 Å². The van der Waals surface area contributed by atoms with Crippen molar-refractivity contribution in [3.63, 3.8) is 0 Å². The molecule has 114 valence electrons. The Morgan fingerprint density at radius 3 is 2.52 bits per heavy atom. The van der Waals surface area contributed by atoms with E-state index in [1.54, 1.807) is 17.8 Å². The smallest absolute Gasteiger partial charge is 0.165 e. The van der Waals surface area contributed by atoms with Crippen LogP contribution in [-0.4, -0.2) is 11.5 Å². The topological polar surface area (TPSA) is 17.1 Å². The summed E-state index contributed by atoms with van der Waals surface area (Å²) in [7, 11) is 0. The Bertz CT molecular complexity index is 842. The Kier molecular flexibility index (Phi) is 4.94. The van der Waals surface area contributed by atoms with Crippen LogP contribution in [0, 0.1) is 6.92 Å². The van der Waals surface area contributed by atoms with Crippen molar-refractivity contribution in [2.45, 2.75) is 11.8 Å². The molecule has 0 saturated carbocycles. The fraction of sp³-hybridized carbons (Fsp3) is 0.0952. The van der Waals surface area contributed by atoms with Crippen molar-refractivity contribution >= 4 is 34.4 Å². The van der Waals surface area contributed by atoms with Gasteiger partial charge in [0.15, 0.2) is 5.78 Å². The van der Waals surface area contributed by atoms with E-state index in [1.807, 2.05) is 30.3 Å². The summed E-state index contributed by atoms with van der Waals surface area (Å²) in [5.41, 5.74) is 2.31. The average Bonchev–Trinajstić information content (AvgIpc) is 2.59. The molecule has 0 bridgehead atoms. The largest absolute Gasteiger partial charge is 0.294 e. The molecule has 0 radical (unpaired) electrons. The number of carbonyl (C=O) groups excluding carboxylic acids is 1. The number of allylic oxidation sites excluding steroid dienone is 1. The summed E-state index contributed by atoms with van der Waals surface area (Å²) in [4.78, 5) is 13.2. The first-order chi connectivity index (χ1) is 11.2. The first-order valence-corrected chi connectivity index (χ1v) is 8.59. The first-order valence-electron chi connectivity index (χ1n) is 7.60. The lowest BCUT2D eigenvalue weighted by Crippen LogP contribution is -1.95. The van der Waals surface area contributed by atoms with E-state index in [2.05, 4.69) is 49.4 Å². The van der Waals surface area contributed by atoms with Crippen LogP contribution < -0.4 is 0 Å². The molecule has 1 nitrogen and oxygen atoms in total. The molecule has 0 aliphatic rings. The number of rotatable bonds is 5. The van der Waals surface area contributed by atoms with Crippen molar-refractivity contribution in [2.75, 3.05) is 5.75 Å². The lowest BCUT2D eigenvalue weighted by atomic mass is 10.0. The summed E-state index contributed by atoms with van der Waals surface area (Å²) in [5, 5.41) is 2.36. The third-order valence-electron chi connectivity index (χ3n) is 3.67. The highest BCUT2D eigenvalue weighted by atomic mass is 32.2. The van der Waals surface area contributed by atoms with Crippen LogP contribution in [0.15, 0.2) is 77.7 Å². The fourth-order valence-corrected chi connectivity index (χ4v) is 3.15. The predicted molar refractivity (Wildman–Crippen MR) is 99.9 cm³/mol. The Hall–Kier alpha value is -2.32. The molecule has 0 aromatic heterocycles. The van der Waals surface area contributed by atoms with Crippen LogP contribution in [0.3, 0.4) is 0 Å². The Morgan fingerprint density at radius 2 is 1.70 bits per heavy atom. The van der Waals surface area contributed by atoms with Crippen molar-refractivity contribution in [1.82, 2.24) is 0 Å². The number of thioether (sulfide) groups is 1. The molecule has 3 aromatic carbocycles. The number of benzene rings is 3. The molecule has 0 atom stereocenters. The van der Waals surface area contributed by atoms with E-state index in [1.165, 1.54) is 16.3 Å². The molecular formula is C21H18OS. The average molecular weight is 318 g/mol. The SMILES string of the molecule is Cc1ccc(SCC(=O)/C=C/c2cccc3ccccc23)cc1. The molecule has 0 fully saturated rings. The molecule has 0 heterocycles. The number of hydrogen-bond donors (Lipinski definition) is 0. The molecule has 0 saturated heterocycles. The van der Waals surface area contributed by atoms with Crippen LogP contribution >= 0.6 is 11.8 Å². The zero-order valence-corrected chi connectivity index (χ0v) is 13.8. The highest BCUT2D eigenvalue weighted by molar-refractivity contribution is 8.00. The fourth-order valence-electron chi connectivity index (χ4n) is 2.42. The maximum atomic E-state index is 12.1. The molecule has 0 aliphatic heterocycles. The summed E-state index contributed by atoms with van der Waals surface area (Å²) in [6, 6.07) is 22.6. The van der Waals surface area contributed by atoms with E-state index in [9.17, 15) is 4.79 Å². The maximum absolute atomic E-state index is 12.1. The van der Waals surface area contributed by atoms with Crippen molar-refractivity contribution in [2.24, 2.45) is 0 Å². The molecule has 3 rings (SSSR count). The third-order valence-corrected chi connectivity index (χ3v) is 4.71. The van der Waals surface area contributed by atoms with Gasteiger partial charge in [-0.3, -0.25) is 4.79 Å². The Morgan fingerprint density at radius 1 is 0.957 bits per heavy atom. The summed E-state index contributed by atoms with van der Waals surface area (Å²) >= 11 is 1.58. The highest BCUT2D eigenvalue weighted by Crippen LogP contribution is 2.21. The maximum Gasteiger partial charge on any atom is 0.165 e. The van der Waals surface area contributed by atoms with Gasteiger partial charge in [-0.1, -0.05) is 66.2 Å². The second-order valence-corrected chi connectivity index (χ2v) is 6.52. The molecule has 2 heteroatoms. The molecule has 0 N–H and O–H groups in total. The number of aryl methyl sites for hydroxylation is 1. The molecular weight excluding hydrogens is 300 g/mol. The molecule has 23 heavy (non-hydrogen) atoms. The van der Waals surface area contributed by atoms with Crippen LogP contribution in [0.25, 0.3) is 16.8 Å². The highest BCUT2D eigenvalue weighted by Gasteiger charge is 2.01. The second-order valence-electron chi connectivity index (χ2n) is 5.47. The summed E-state index contributed by atoms with van der Waals surface area (Å²) in [6.07, 6.45) is 3.60. The lowest BCUT2D eigenvalue weighted by molar-refractivity contribution is -0.112. The number of hydrogen-bond acceptors (Lipinski definition) is 2. The Labute approximate surface area is 141 Å².